The van der Waals surface area contributed by atoms with Crippen molar-refractivity contribution in [3.05, 3.63) is 46.5 Å². The Kier molecular flexibility index (Phi) is 3.16. The van der Waals surface area contributed by atoms with Crippen LogP contribution in [0.2, 0.25) is 0 Å². The fourth-order valence-corrected chi connectivity index (χ4v) is 2.32. The zero-order chi connectivity index (χ0) is 13.2. The maximum absolute atomic E-state index is 4.24. The first-order chi connectivity index (χ1) is 9.24. The highest BCUT2D eigenvalue weighted by Crippen LogP contribution is 2.19. The van der Waals surface area contributed by atoms with Crippen molar-refractivity contribution in [3.8, 4) is 0 Å². The van der Waals surface area contributed by atoms with Crippen LogP contribution in [0.3, 0.4) is 0 Å². The maximum atomic E-state index is 4.24. The summed E-state index contributed by atoms with van der Waals surface area (Å²) in [6, 6.07) is 6.23. The van der Waals surface area contributed by atoms with Crippen molar-refractivity contribution in [3.63, 3.8) is 0 Å². The number of H-pyrrole nitrogens is 1. The third kappa shape index (κ3) is 2.44. The number of nitrogens with one attached hydrogen (secondary N) is 2. The smallest absolute Gasteiger partial charge is 0.182 e. The standard InChI is InChI=1S/C13H12BrN5/c1-8-2-3-10(14)4-9(8)5-15-12-11-13(17-6-16-11)19-7-18-12/h2-4,6-7H,5H2,1H3,(H2,15,16,17,18,19). The third-order valence-electron chi connectivity index (χ3n) is 2.98. The summed E-state index contributed by atoms with van der Waals surface area (Å²) in [5.41, 5.74) is 3.96. The van der Waals surface area contributed by atoms with Gasteiger partial charge in [-0.2, -0.15) is 0 Å². The van der Waals surface area contributed by atoms with E-state index in [1.165, 1.54) is 17.5 Å². The van der Waals surface area contributed by atoms with Gasteiger partial charge in [-0.15, -0.1) is 0 Å². The highest BCUT2D eigenvalue weighted by molar-refractivity contribution is 9.10. The molecule has 0 spiro atoms. The molecule has 0 saturated carbocycles. The monoisotopic (exact) mass is 317 g/mol. The Morgan fingerprint density at radius 2 is 2.16 bits per heavy atom. The summed E-state index contributed by atoms with van der Waals surface area (Å²) < 4.78 is 1.07. The van der Waals surface area contributed by atoms with Gasteiger partial charge in [0.25, 0.3) is 0 Å². The number of nitrogens with zero attached hydrogens (tertiary/aromatic N) is 3. The fraction of sp³-hybridized carbons (Fsp3) is 0.154. The average Bonchev–Trinajstić information content (AvgIpc) is 2.88. The molecule has 5 nitrogen and oxygen atoms in total. The summed E-state index contributed by atoms with van der Waals surface area (Å²) in [6.07, 6.45) is 3.13. The Balaban J connectivity index is 1.86. The molecule has 0 saturated heterocycles. The Morgan fingerprint density at radius 1 is 1.26 bits per heavy atom. The first kappa shape index (κ1) is 12.1. The van der Waals surface area contributed by atoms with Crippen molar-refractivity contribution in [2.45, 2.75) is 13.5 Å². The van der Waals surface area contributed by atoms with Crippen molar-refractivity contribution in [2.75, 3.05) is 5.32 Å². The van der Waals surface area contributed by atoms with Crippen LogP contribution in [-0.4, -0.2) is 19.9 Å². The van der Waals surface area contributed by atoms with E-state index in [9.17, 15) is 0 Å². The van der Waals surface area contributed by atoms with Crippen molar-refractivity contribution < 1.29 is 0 Å². The molecule has 0 aliphatic rings. The van der Waals surface area contributed by atoms with Gasteiger partial charge in [0, 0.05) is 11.0 Å². The van der Waals surface area contributed by atoms with Crippen LogP contribution in [0.25, 0.3) is 11.2 Å². The predicted molar refractivity (Wildman–Crippen MR) is 77.9 cm³/mol. The van der Waals surface area contributed by atoms with E-state index in [1.54, 1.807) is 6.33 Å². The maximum Gasteiger partial charge on any atom is 0.182 e. The number of benzene rings is 1. The number of fused-ring (bicyclic) bond motifs is 1. The lowest BCUT2D eigenvalue weighted by Crippen LogP contribution is -2.04. The third-order valence-corrected chi connectivity index (χ3v) is 3.47. The molecule has 19 heavy (non-hydrogen) atoms. The molecular formula is C13H12BrN5. The zero-order valence-corrected chi connectivity index (χ0v) is 11.9. The number of halogens is 1. The lowest BCUT2D eigenvalue weighted by Gasteiger charge is -2.09. The quantitative estimate of drug-likeness (QED) is 0.779. The van der Waals surface area contributed by atoms with Crippen molar-refractivity contribution in [1.29, 1.82) is 0 Å². The largest absolute Gasteiger partial charge is 0.364 e. The van der Waals surface area contributed by atoms with Crippen LogP contribution < -0.4 is 5.32 Å². The summed E-state index contributed by atoms with van der Waals surface area (Å²) in [5, 5.41) is 3.31. The van der Waals surface area contributed by atoms with Crippen LogP contribution in [-0.2, 0) is 6.54 Å². The van der Waals surface area contributed by atoms with Gasteiger partial charge < -0.3 is 10.3 Å². The summed E-state index contributed by atoms with van der Waals surface area (Å²) >= 11 is 3.49. The minimum Gasteiger partial charge on any atom is -0.364 e. The molecule has 2 N–H and O–H groups in total. The second kappa shape index (κ2) is 4.97. The van der Waals surface area contributed by atoms with Gasteiger partial charge in [0.1, 0.15) is 11.8 Å². The van der Waals surface area contributed by atoms with E-state index in [4.69, 9.17) is 0 Å². The highest BCUT2D eigenvalue weighted by atomic mass is 79.9. The van der Waals surface area contributed by atoms with E-state index >= 15 is 0 Å². The second-order valence-corrected chi connectivity index (χ2v) is 5.16. The molecule has 0 unspecified atom stereocenters. The van der Waals surface area contributed by atoms with Gasteiger partial charge in [0.15, 0.2) is 11.5 Å². The zero-order valence-electron chi connectivity index (χ0n) is 10.3. The summed E-state index contributed by atoms with van der Waals surface area (Å²) in [4.78, 5) is 15.5. The molecule has 0 atom stereocenters. The first-order valence-corrected chi connectivity index (χ1v) is 6.66. The number of hydrogen-bond acceptors (Lipinski definition) is 4. The summed E-state index contributed by atoms with van der Waals surface area (Å²) in [6.45, 7) is 2.80. The van der Waals surface area contributed by atoms with E-state index in [1.807, 2.05) is 6.07 Å². The molecular weight excluding hydrogens is 306 g/mol. The minimum atomic E-state index is 0.670. The van der Waals surface area contributed by atoms with Crippen LogP contribution in [0.4, 0.5) is 5.82 Å². The van der Waals surface area contributed by atoms with Crippen molar-refractivity contribution >= 4 is 32.9 Å². The molecule has 0 radical (unpaired) electrons. The van der Waals surface area contributed by atoms with Gasteiger partial charge in [0.2, 0.25) is 0 Å². The second-order valence-electron chi connectivity index (χ2n) is 4.25. The van der Waals surface area contributed by atoms with E-state index in [2.05, 4.69) is 60.2 Å². The van der Waals surface area contributed by atoms with Gasteiger partial charge in [-0.1, -0.05) is 22.0 Å². The molecule has 3 aromatic rings. The molecule has 0 aliphatic heterocycles. The number of imidazole rings is 1. The molecule has 0 amide bonds. The van der Waals surface area contributed by atoms with Gasteiger partial charge >= 0.3 is 0 Å². The molecule has 0 aliphatic carbocycles. The topological polar surface area (TPSA) is 66.5 Å². The molecule has 96 valence electrons. The Bertz CT molecular complexity index is 722. The van der Waals surface area contributed by atoms with Crippen LogP contribution in [0, 0.1) is 6.92 Å². The molecule has 0 fully saturated rings. The summed E-state index contributed by atoms with van der Waals surface area (Å²) in [7, 11) is 0. The van der Waals surface area contributed by atoms with Gasteiger partial charge in [-0.05, 0) is 30.2 Å². The lowest BCUT2D eigenvalue weighted by atomic mass is 10.1. The Morgan fingerprint density at radius 3 is 3.05 bits per heavy atom. The fourth-order valence-electron chi connectivity index (χ4n) is 1.91. The van der Waals surface area contributed by atoms with Crippen molar-refractivity contribution in [1.82, 2.24) is 19.9 Å². The van der Waals surface area contributed by atoms with Crippen LogP contribution in [0.1, 0.15) is 11.1 Å². The number of anilines is 1. The number of hydrogen-bond donors (Lipinski definition) is 2. The van der Waals surface area contributed by atoms with Crippen LogP contribution in [0.15, 0.2) is 35.3 Å². The highest BCUT2D eigenvalue weighted by Gasteiger charge is 2.06. The number of aromatic nitrogens is 4. The number of aromatic amines is 1. The summed E-state index contributed by atoms with van der Waals surface area (Å²) in [5.74, 6) is 0.766. The minimum absolute atomic E-state index is 0.670. The van der Waals surface area contributed by atoms with E-state index in [0.717, 1.165) is 15.8 Å². The number of rotatable bonds is 3. The van der Waals surface area contributed by atoms with Gasteiger partial charge in [-0.25, -0.2) is 15.0 Å². The van der Waals surface area contributed by atoms with Gasteiger partial charge in [0.05, 0.1) is 6.33 Å². The molecule has 6 heteroatoms. The molecule has 2 aromatic heterocycles. The van der Waals surface area contributed by atoms with Crippen LogP contribution in [0.5, 0.6) is 0 Å². The average molecular weight is 318 g/mol. The van der Waals surface area contributed by atoms with E-state index in [0.29, 0.717) is 12.2 Å². The SMILES string of the molecule is Cc1ccc(Br)cc1CNc1ncnc2nc[nH]c12. The van der Waals surface area contributed by atoms with E-state index in [-0.39, 0.29) is 0 Å². The molecule has 1 aromatic carbocycles. The van der Waals surface area contributed by atoms with E-state index < -0.39 is 0 Å². The molecule has 2 heterocycles. The van der Waals surface area contributed by atoms with Gasteiger partial charge in [-0.3, -0.25) is 0 Å². The predicted octanol–water partition coefficient (Wildman–Crippen LogP) is 3.04. The molecule has 3 rings (SSSR count). The Labute approximate surface area is 118 Å². The number of aryl methyl sites for hydroxylation is 1. The molecule has 0 bridgehead atoms. The van der Waals surface area contributed by atoms with Crippen molar-refractivity contribution in [2.24, 2.45) is 0 Å². The lowest BCUT2D eigenvalue weighted by molar-refractivity contribution is 1.08. The van der Waals surface area contributed by atoms with Crippen LogP contribution >= 0.6 is 15.9 Å². The Hall–Kier alpha value is -1.95. The normalized spacial score (nSPS) is 10.8. The first-order valence-electron chi connectivity index (χ1n) is 5.87.